The lowest BCUT2D eigenvalue weighted by Crippen LogP contribution is -2.20. The summed E-state index contributed by atoms with van der Waals surface area (Å²) in [6.45, 7) is 0. The van der Waals surface area contributed by atoms with Crippen molar-refractivity contribution in [2.24, 2.45) is 0 Å². The van der Waals surface area contributed by atoms with Gasteiger partial charge in [0.25, 0.3) is 5.56 Å². The van der Waals surface area contributed by atoms with E-state index < -0.39 is 0 Å². The first kappa shape index (κ1) is 14.4. The molecule has 5 nitrogen and oxygen atoms in total. The van der Waals surface area contributed by atoms with E-state index in [1.807, 2.05) is 59.3 Å². The SMILES string of the molecule is N#Cc1ccc2c(c1)n(-c1ccccc1)n1c(=O)c3ccccc3nc21. The molecule has 5 rings (SSSR count). The molecular weight excluding hydrogens is 324 g/mol. The second kappa shape index (κ2) is 5.30. The highest BCUT2D eigenvalue weighted by molar-refractivity contribution is 5.96. The summed E-state index contributed by atoms with van der Waals surface area (Å²) in [7, 11) is 0. The number of nitrogens with zero attached hydrogens (tertiary/aromatic N) is 4. The quantitative estimate of drug-likeness (QED) is 0.469. The van der Waals surface area contributed by atoms with E-state index in [9.17, 15) is 10.1 Å². The summed E-state index contributed by atoms with van der Waals surface area (Å²) in [5.41, 5.74) is 3.25. The van der Waals surface area contributed by atoms with Crippen molar-refractivity contribution in [1.29, 1.82) is 5.26 Å². The number of hydrogen-bond donors (Lipinski definition) is 0. The monoisotopic (exact) mass is 336 g/mol. The lowest BCUT2D eigenvalue weighted by Gasteiger charge is -2.08. The van der Waals surface area contributed by atoms with Crippen LogP contribution in [0, 0.1) is 11.3 Å². The largest absolute Gasteiger partial charge is 0.281 e. The summed E-state index contributed by atoms with van der Waals surface area (Å²) in [5, 5.41) is 10.7. The number of para-hydroxylation sites is 2. The van der Waals surface area contributed by atoms with Gasteiger partial charge in [0.1, 0.15) is 0 Å². The molecule has 3 aromatic carbocycles. The van der Waals surface area contributed by atoms with Crippen molar-refractivity contribution < 1.29 is 0 Å². The lowest BCUT2D eigenvalue weighted by atomic mass is 10.1. The molecule has 0 amide bonds. The van der Waals surface area contributed by atoms with E-state index in [2.05, 4.69) is 6.07 Å². The molecule has 0 aliphatic carbocycles. The first-order valence-corrected chi connectivity index (χ1v) is 8.20. The van der Waals surface area contributed by atoms with Crippen LogP contribution in [0.1, 0.15) is 5.56 Å². The second-order valence-electron chi connectivity index (χ2n) is 6.06. The fourth-order valence-corrected chi connectivity index (χ4v) is 3.38. The molecule has 0 saturated carbocycles. The topological polar surface area (TPSA) is 63.1 Å². The van der Waals surface area contributed by atoms with Crippen LogP contribution in [0.2, 0.25) is 0 Å². The molecule has 2 aromatic heterocycles. The Morgan fingerprint density at radius 2 is 1.65 bits per heavy atom. The van der Waals surface area contributed by atoms with Gasteiger partial charge in [0.05, 0.1) is 33.7 Å². The van der Waals surface area contributed by atoms with Crippen molar-refractivity contribution in [3.05, 3.63) is 88.7 Å². The molecule has 0 aliphatic heterocycles. The van der Waals surface area contributed by atoms with Crippen LogP contribution < -0.4 is 5.56 Å². The van der Waals surface area contributed by atoms with Crippen molar-refractivity contribution in [2.75, 3.05) is 0 Å². The lowest BCUT2D eigenvalue weighted by molar-refractivity contribution is 0.794. The van der Waals surface area contributed by atoms with Crippen LogP contribution in [0.5, 0.6) is 0 Å². The first-order chi connectivity index (χ1) is 12.8. The number of rotatable bonds is 1. The van der Waals surface area contributed by atoms with Gasteiger partial charge in [0, 0.05) is 5.39 Å². The Labute approximate surface area is 148 Å². The zero-order valence-electron chi connectivity index (χ0n) is 13.6. The van der Waals surface area contributed by atoms with E-state index in [4.69, 9.17) is 4.98 Å². The molecule has 0 unspecified atom stereocenters. The van der Waals surface area contributed by atoms with Gasteiger partial charge in [0.2, 0.25) is 0 Å². The third-order valence-electron chi connectivity index (χ3n) is 4.55. The smallest absolute Gasteiger partial charge is 0.267 e. The summed E-state index contributed by atoms with van der Waals surface area (Å²) in [6, 6.07) is 24.5. The molecule has 122 valence electrons. The standard InChI is InChI=1S/C21H12N4O/c22-13-14-10-11-17-19(12-14)24(15-6-2-1-3-7-15)25-20(17)23-18-9-5-4-8-16(18)21(25)26/h1-12H. The van der Waals surface area contributed by atoms with Gasteiger partial charge in [-0.3, -0.25) is 4.79 Å². The van der Waals surface area contributed by atoms with E-state index in [0.717, 1.165) is 16.6 Å². The molecule has 0 spiro atoms. The molecule has 0 atom stereocenters. The van der Waals surface area contributed by atoms with E-state index in [1.54, 1.807) is 22.7 Å². The van der Waals surface area contributed by atoms with Gasteiger partial charge in [-0.1, -0.05) is 30.3 Å². The molecule has 0 radical (unpaired) electrons. The summed E-state index contributed by atoms with van der Waals surface area (Å²) in [5.74, 6) is 0. The maximum Gasteiger partial charge on any atom is 0.281 e. The average molecular weight is 336 g/mol. The van der Waals surface area contributed by atoms with Gasteiger partial charge in [-0.05, 0) is 42.5 Å². The number of benzene rings is 3. The minimum atomic E-state index is -0.135. The minimum Gasteiger partial charge on any atom is -0.267 e. The van der Waals surface area contributed by atoms with Gasteiger partial charge < -0.3 is 0 Å². The number of aromatic nitrogens is 3. The third kappa shape index (κ3) is 1.90. The second-order valence-corrected chi connectivity index (χ2v) is 6.06. The van der Waals surface area contributed by atoms with Crippen LogP contribution in [0.3, 0.4) is 0 Å². The van der Waals surface area contributed by atoms with E-state index in [1.165, 1.54) is 0 Å². The fourth-order valence-electron chi connectivity index (χ4n) is 3.38. The van der Waals surface area contributed by atoms with Crippen LogP contribution in [0.15, 0.2) is 77.6 Å². The first-order valence-electron chi connectivity index (χ1n) is 8.20. The Kier molecular flexibility index (Phi) is 2.94. The fraction of sp³-hybridized carbons (Fsp3) is 0. The van der Waals surface area contributed by atoms with Gasteiger partial charge in [-0.25, -0.2) is 9.67 Å². The zero-order valence-corrected chi connectivity index (χ0v) is 13.6. The highest BCUT2D eigenvalue weighted by Gasteiger charge is 2.17. The Balaban J connectivity index is 2.10. The Bertz CT molecular complexity index is 1410. The van der Waals surface area contributed by atoms with Gasteiger partial charge in [-0.15, -0.1) is 0 Å². The van der Waals surface area contributed by atoms with Crippen molar-refractivity contribution in [3.8, 4) is 11.8 Å². The predicted molar refractivity (Wildman–Crippen MR) is 101 cm³/mol. The highest BCUT2D eigenvalue weighted by atomic mass is 16.1. The van der Waals surface area contributed by atoms with E-state index >= 15 is 0 Å². The molecule has 0 aliphatic rings. The molecule has 0 saturated heterocycles. The number of nitriles is 1. The van der Waals surface area contributed by atoms with Gasteiger partial charge in [-0.2, -0.15) is 9.78 Å². The maximum absolute atomic E-state index is 13.2. The van der Waals surface area contributed by atoms with Crippen LogP contribution in [-0.2, 0) is 0 Å². The summed E-state index contributed by atoms with van der Waals surface area (Å²) in [4.78, 5) is 18.0. The summed E-state index contributed by atoms with van der Waals surface area (Å²) >= 11 is 0. The summed E-state index contributed by atoms with van der Waals surface area (Å²) < 4.78 is 3.41. The van der Waals surface area contributed by atoms with E-state index in [-0.39, 0.29) is 5.56 Å². The normalized spacial score (nSPS) is 11.2. The van der Waals surface area contributed by atoms with Gasteiger partial charge >= 0.3 is 0 Å². The molecule has 0 bridgehead atoms. The number of fused-ring (bicyclic) bond motifs is 4. The third-order valence-corrected chi connectivity index (χ3v) is 4.55. The zero-order chi connectivity index (χ0) is 17.7. The molecule has 5 aromatic rings. The minimum absolute atomic E-state index is 0.135. The number of hydrogen-bond acceptors (Lipinski definition) is 3. The van der Waals surface area contributed by atoms with Crippen LogP contribution >= 0.6 is 0 Å². The molecule has 2 heterocycles. The molecular formula is C21H12N4O. The molecule has 0 N–H and O–H groups in total. The Morgan fingerprint density at radius 1 is 0.885 bits per heavy atom. The van der Waals surface area contributed by atoms with Crippen LogP contribution in [0.25, 0.3) is 33.1 Å². The van der Waals surface area contributed by atoms with Crippen molar-refractivity contribution in [3.63, 3.8) is 0 Å². The molecule has 26 heavy (non-hydrogen) atoms. The van der Waals surface area contributed by atoms with Crippen molar-refractivity contribution >= 4 is 27.5 Å². The van der Waals surface area contributed by atoms with Gasteiger partial charge in [0.15, 0.2) is 5.65 Å². The highest BCUT2D eigenvalue weighted by Crippen LogP contribution is 2.26. The summed E-state index contributed by atoms with van der Waals surface area (Å²) in [6.07, 6.45) is 0. The van der Waals surface area contributed by atoms with Crippen molar-refractivity contribution in [1.82, 2.24) is 14.2 Å². The molecule has 0 fully saturated rings. The maximum atomic E-state index is 13.2. The Hall–Kier alpha value is -3.91. The average Bonchev–Trinajstić information content (AvgIpc) is 3.02. The molecule has 5 heteroatoms. The van der Waals surface area contributed by atoms with E-state index in [0.29, 0.717) is 22.1 Å². The van der Waals surface area contributed by atoms with Crippen molar-refractivity contribution in [2.45, 2.75) is 0 Å². The van der Waals surface area contributed by atoms with Crippen LogP contribution in [-0.4, -0.2) is 14.2 Å². The van der Waals surface area contributed by atoms with Crippen LogP contribution in [0.4, 0.5) is 0 Å². The Morgan fingerprint density at radius 3 is 2.46 bits per heavy atom. The predicted octanol–water partition coefficient (Wildman–Crippen LogP) is 3.66.